The summed E-state index contributed by atoms with van der Waals surface area (Å²) in [5.74, 6) is 0.841. The van der Waals surface area contributed by atoms with Crippen molar-refractivity contribution in [2.24, 2.45) is 0 Å². The number of anilines is 1. The molecule has 1 unspecified atom stereocenters. The zero-order valence-electron chi connectivity index (χ0n) is 7.46. The molecule has 0 spiro atoms. The Morgan fingerprint density at radius 3 is 3.29 bits per heavy atom. The average molecular weight is 253 g/mol. The third-order valence-corrected chi connectivity index (χ3v) is 2.57. The summed E-state index contributed by atoms with van der Waals surface area (Å²) in [7, 11) is 0. The van der Waals surface area contributed by atoms with Gasteiger partial charge in [-0.2, -0.15) is 5.26 Å². The van der Waals surface area contributed by atoms with Crippen LogP contribution in [-0.2, 0) is 0 Å². The van der Waals surface area contributed by atoms with Crippen molar-refractivity contribution in [1.82, 2.24) is 0 Å². The number of hydrogen-bond donors (Lipinski definition) is 1. The quantitative estimate of drug-likeness (QED) is 0.836. The van der Waals surface area contributed by atoms with Gasteiger partial charge in [0.05, 0.1) is 24.2 Å². The van der Waals surface area contributed by atoms with Gasteiger partial charge >= 0.3 is 0 Å². The van der Waals surface area contributed by atoms with Gasteiger partial charge in [0.25, 0.3) is 0 Å². The second kappa shape index (κ2) is 3.89. The summed E-state index contributed by atoms with van der Waals surface area (Å²) in [6.45, 7) is 0.553. The maximum absolute atomic E-state index is 8.56. The van der Waals surface area contributed by atoms with Gasteiger partial charge in [0.2, 0.25) is 0 Å². The summed E-state index contributed by atoms with van der Waals surface area (Å²) < 4.78 is 6.52. The topological polar surface area (TPSA) is 45.0 Å². The molecule has 0 aromatic heterocycles. The molecule has 0 saturated heterocycles. The van der Waals surface area contributed by atoms with Crippen LogP contribution in [0.4, 0.5) is 5.69 Å². The minimum Gasteiger partial charge on any atom is -0.489 e. The molecule has 1 atom stereocenters. The Labute approximate surface area is 90.8 Å². The highest BCUT2D eigenvalue weighted by molar-refractivity contribution is 9.10. The van der Waals surface area contributed by atoms with Gasteiger partial charge < -0.3 is 10.1 Å². The highest BCUT2D eigenvalue weighted by Gasteiger charge is 2.18. The first-order valence-corrected chi connectivity index (χ1v) is 5.15. The number of nitrogens with zero attached hydrogens (tertiary/aromatic N) is 1. The van der Waals surface area contributed by atoms with Crippen LogP contribution in [0.25, 0.3) is 0 Å². The van der Waals surface area contributed by atoms with Crippen molar-refractivity contribution in [2.75, 3.05) is 11.9 Å². The third-order valence-electron chi connectivity index (χ3n) is 2.08. The van der Waals surface area contributed by atoms with Crippen LogP contribution < -0.4 is 10.1 Å². The van der Waals surface area contributed by atoms with Crippen LogP contribution in [0, 0.1) is 11.3 Å². The number of nitrogens with one attached hydrogen (secondary N) is 1. The summed E-state index contributed by atoms with van der Waals surface area (Å²) in [5, 5.41) is 11.8. The Hall–Kier alpha value is -1.21. The largest absolute Gasteiger partial charge is 0.489 e. The number of rotatable bonds is 1. The molecule has 0 fully saturated rings. The minimum absolute atomic E-state index is 0.105. The van der Waals surface area contributed by atoms with Gasteiger partial charge in [-0.3, -0.25) is 0 Å². The fourth-order valence-electron chi connectivity index (χ4n) is 1.41. The van der Waals surface area contributed by atoms with Crippen molar-refractivity contribution in [3.63, 3.8) is 0 Å². The van der Waals surface area contributed by atoms with E-state index in [1.807, 2.05) is 18.2 Å². The van der Waals surface area contributed by atoms with Crippen LogP contribution in [0.15, 0.2) is 22.7 Å². The Morgan fingerprint density at radius 2 is 2.50 bits per heavy atom. The summed E-state index contributed by atoms with van der Waals surface area (Å²) >= 11 is 3.38. The maximum atomic E-state index is 8.56. The Morgan fingerprint density at radius 1 is 1.64 bits per heavy atom. The van der Waals surface area contributed by atoms with Gasteiger partial charge in [0.1, 0.15) is 12.4 Å². The molecule has 0 amide bonds. The van der Waals surface area contributed by atoms with Crippen LogP contribution in [0.2, 0.25) is 0 Å². The van der Waals surface area contributed by atoms with Crippen LogP contribution in [0.5, 0.6) is 5.75 Å². The van der Waals surface area contributed by atoms with Gasteiger partial charge in [-0.1, -0.05) is 15.9 Å². The molecule has 2 rings (SSSR count). The first-order chi connectivity index (χ1) is 6.79. The Kier molecular flexibility index (Phi) is 2.60. The summed E-state index contributed by atoms with van der Waals surface area (Å²) in [6.07, 6.45) is 0.468. The number of benzene rings is 1. The molecule has 3 nitrogen and oxygen atoms in total. The zero-order chi connectivity index (χ0) is 9.97. The zero-order valence-corrected chi connectivity index (χ0v) is 9.04. The molecular formula is C10H9BrN2O. The smallest absolute Gasteiger partial charge is 0.143 e. The monoisotopic (exact) mass is 252 g/mol. The first-order valence-electron chi connectivity index (χ1n) is 4.35. The third kappa shape index (κ3) is 1.83. The lowest BCUT2D eigenvalue weighted by molar-refractivity contribution is 0.285. The lowest BCUT2D eigenvalue weighted by atomic mass is 10.1. The average Bonchev–Trinajstić information content (AvgIpc) is 2.19. The fourth-order valence-corrected chi connectivity index (χ4v) is 1.75. The highest BCUT2D eigenvalue weighted by atomic mass is 79.9. The second-order valence-electron chi connectivity index (χ2n) is 3.15. The molecule has 0 saturated carbocycles. The van der Waals surface area contributed by atoms with E-state index in [0.717, 1.165) is 15.9 Å². The molecule has 0 bridgehead atoms. The molecule has 4 heteroatoms. The fraction of sp³-hybridized carbons (Fsp3) is 0.300. The van der Waals surface area contributed by atoms with E-state index in [1.165, 1.54) is 0 Å². The normalized spacial score (nSPS) is 18.7. The van der Waals surface area contributed by atoms with Gasteiger partial charge in [-0.15, -0.1) is 0 Å². The van der Waals surface area contributed by atoms with Gasteiger partial charge in [0.15, 0.2) is 0 Å². The summed E-state index contributed by atoms with van der Waals surface area (Å²) in [4.78, 5) is 0. The Balaban J connectivity index is 2.20. The van der Waals surface area contributed by atoms with Crippen LogP contribution in [0.1, 0.15) is 6.42 Å². The molecule has 1 aromatic carbocycles. The van der Waals surface area contributed by atoms with Crippen molar-refractivity contribution in [3.05, 3.63) is 22.7 Å². The highest BCUT2D eigenvalue weighted by Crippen LogP contribution is 2.31. The van der Waals surface area contributed by atoms with E-state index < -0.39 is 0 Å². The Bertz CT molecular complexity index is 386. The number of nitriles is 1. The van der Waals surface area contributed by atoms with Crippen molar-refractivity contribution >= 4 is 21.6 Å². The summed E-state index contributed by atoms with van der Waals surface area (Å²) in [5.41, 5.74) is 0.958. The van der Waals surface area contributed by atoms with E-state index in [0.29, 0.717) is 13.0 Å². The van der Waals surface area contributed by atoms with Crippen LogP contribution >= 0.6 is 15.9 Å². The van der Waals surface area contributed by atoms with Gasteiger partial charge in [0, 0.05) is 4.47 Å². The second-order valence-corrected chi connectivity index (χ2v) is 4.07. The van der Waals surface area contributed by atoms with Gasteiger partial charge in [-0.25, -0.2) is 0 Å². The molecule has 0 aliphatic carbocycles. The van der Waals surface area contributed by atoms with Crippen LogP contribution in [0.3, 0.4) is 0 Å². The molecule has 1 aromatic rings. The van der Waals surface area contributed by atoms with Crippen LogP contribution in [-0.4, -0.2) is 12.6 Å². The number of hydrogen-bond acceptors (Lipinski definition) is 3. The molecule has 0 radical (unpaired) electrons. The van der Waals surface area contributed by atoms with Crippen molar-refractivity contribution in [1.29, 1.82) is 5.26 Å². The predicted octanol–water partition coefficient (Wildman–Crippen LogP) is 2.54. The molecule has 14 heavy (non-hydrogen) atoms. The van der Waals surface area contributed by atoms with E-state index in [1.54, 1.807) is 0 Å². The van der Waals surface area contributed by atoms with E-state index >= 15 is 0 Å². The molecule has 1 heterocycles. The van der Waals surface area contributed by atoms with E-state index in [2.05, 4.69) is 27.3 Å². The molecule has 1 aliphatic rings. The number of halogens is 1. The summed E-state index contributed by atoms with van der Waals surface area (Å²) in [6, 6.07) is 8.05. The number of ether oxygens (including phenoxy) is 1. The van der Waals surface area contributed by atoms with Crippen molar-refractivity contribution in [3.8, 4) is 11.8 Å². The minimum atomic E-state index is 0.105. The molecule has 1 N–H and O–H groups in total. The van der Waals surface area contributed by atoms with Gasteiger partial charge in [-0.05, 0) is 18.2 Å². The SMILES string of the molecule is N#CCC1COc2cc(Br)ccc2N1. The standard InChI is InChI=1S/C10H9BrN2O/c11-7-1-2-9-10(5-7)14-6-8(13-9)3-4-12/h1-2,5,8,13H,3,6H2. The lowest BCUT2D eigenvalue weighted by Crippen LogP contribution is -2.30. The van der Waals surface area contributed by atoms with E-state index in [4.69, 9.17) is 10.00 Å². The number of fused-ring (bicyclic) bond motifs is 1. The predicted molar refractivity (Wildman–Crippen MR) is 57.3 cm³/mol. The van der Waals surface area contributed by atoms with Crippen molar-refractivity contribution < 1.29 is 4.74 Å². The maximum Gasteiger partial charge on any atom is 0.143 e. The van der Waals surface area contributed by atoms with E-state index in [-0.39, 0.29) is 6.04 Å². The molecular weight excluding hydrogens is 244 g/mol. The van der Waals surface area contributed by atoms with Crippen molar-refractivity contribution in [2.45, 2.75) is 12.5 Å². The molecule has 1 aliphatic heterocycles. The lowest BCUT2D eigenvalue weighted by Gasteiger charge is -2.25. The molecule has 72 valence electrons. The first kappa shape index (κ1) is 9.35. The van der Waals surface area contributed by atoms with E-state index in [9.17, 15) is 0 Å².